The summed E-state index contributed by atoms with van der Waals surface area (Å²) in [7, 11) is 0. The lowest BCUT2D eigenvalue weighted by atomic mass is 10.0. The van der Waals surface area contributed by atoms with Gasteiger partial charge in [-0.15, -0.1) is 11.8 Å². The predicted octanol–water partition coefficient (Wildman–Crippen LogP) is 4.13. The number of ether oxygens (including phenoxy) is 1. The molecule has 0 unspecified atom stereocenters. The van der Waals surface area contributed by atoms with E-state index < -0.39 is 6.61 Å². The standard InChI is InChI=1S/C11H14F2OS/c1-7(2)9-6-8(15-3)4-5-10(9)14-11(12)13/h4-7,11H,1-3H3. The van der Waals surface area contributed by atoms with Crippen LogP contribution in [0.2, 0.25) is 0 Å². The van der Waals surface area contributed by atoms with E-state index in [0.717, 1.165) is 10.5 Å². The van der Waals surface area contributed by atoms with Crippen LogP contribution >= 0.6 is 11.8 Å². The van der Waals surface area contributed by atoms with Gasteiger partial charge in [0, 0.05) is 4.90 Å². The minimum atomic E-state index is -2.76. The Morgan fingerprint density at radius 3 is 2.40 bits per heavy atom. The second-order valence-electron chi connectivity index (χ2n) is 3.44. The monoisotopic (exact) mass is 232 g/mol. The molecule has 1 aromatic rings. The quantitative estimate of drug-likeness (QED) is 0.722. The Labute approximate surface area is 92.8 Å². The number of rotatable bonds is 4. The zero-order valence-electron chi connectivity index (χ0n) is 8.96. The van der Waals surface area contributed by atoms with Crippen molar-refractivity contribution < 1.29 is 13.5 Å². The van der Waals surface area contributed by atoms with Crippen LogP contribution in [0.15, 0.2) is 23.1 Å². The number of thioether (sulfide) groups is 1. The minimum Gasteiger partial charge on any atom is -0.435 e. The van der Waals surface area contributed by atoms with E-state index in [4.69, 9.17) is 0 Å². The zero-order chi connectivity index (χ0) is 11.4. The zero-order valence-corrected chi connectivity index (χ0v) is 9.78. The maximum atomic E-state index is 12.1. The highest BCUT2D eigenvalue weighted by Crippen LogP contribution is 2.31. The van der Waals surface area contributed by atoms with Crippen LogP contribution in [0.4, 0.5) is 8.78 Å². The summed E-state index contributed by atoms with van der Waals surface area (Å²) in [6, 6.07) is 5.29. The summed E-state index contributed by atoms with van der Waals surface area (Å²) >= 11 is 1.58. The van der Waals surface area contributed by atoms with Crippen molar-refractivity contribution in [2.24, 2.45) is 0 Å². The van der Waals surface area contributed by atoms with Crippen molar-refractivity contribution in [3.8, 4) is 5.75 Å². The third-order valence-electron chi connectivity index (χ3n) is 2.06. The Hall–Kier alpha value is -0.770. The van der Waals surface area contributed by atoms with E-state index >= 15 is 0 Å². The highest BCUT2D eigenvalue weighted by Gasteiger charge is 2.12. The third-order valence-corrected chi connectivity index (χ3v) is 2.78. The molecule has 0 aliphatic carbocycles. The lowest BCUT2D eigenvalue weighted by Crippen LogP contribution is -2.05. The van der Waals surface area contributed by atoms with Gasteiger partial charge < -0.3 is 4.74 Å². The number of hydrogen-bond acceptors (Lipinski definition) is 2. The molecule has 4 heteroatoms. The molecule has 1 nitrogen and oxygen atoms in total. The minimum absolute atomic E-state index is 0.172. The maximum absolute atomic E-state index is 12.1. The average molecular weight is 232 g/mol. The van der Waals surface area contributed by atoms with Gasteiger partial charge >= 0.3 is 6.61 Å². The molecule has 0 N–H and O–H groups in total. The highest BCUT2D eigenvalue weighted by atomic mass is 32.2. The van der Waals surface area contributed by atoms with Gasteiger partial charge in [-0.2, -0.15) is 8.78 Å². The van der Waals surface area contributed by atoms with Crippen LogP contribution in [0.3, 0.4) is 0 Å². The SMILES string of the molecule is CSc1ccc(OC(F)F)c(C(C)C)c1. The molecule has 0 saturated carbocycles. The van der Waals surface area contributed by atoms with Crippen molar-refractivity contribution in [3.05, 3.63) is 23.8 Å². The van der Waals surface area contributed by atoms with Gasteiger partial charge in [0.25, 0.3) is 0 Å². The second-order valence-corrected chi connectivity index (χ2v) is 4.32. The summed E-state index contributed by atoms with van der Waals surface area (Å²) in [4.78, 5) is 1.06. The first kappa shape index (κ1) is 12.3. The summed E-state index contributed by atoms with van der Waals surface area (Å²) in [6.07, 6.45) is 1.95. The summed E-state index contributed by atoms with van der Waals surface area (Å²) in [5, 5.41) is 0. The summed E-state index contributed by atoms with van der Waals surface area (Å²) in [5.41, 5.74) is 0.821. The topological polar surface area (TPSA) is 9.23 Å². The van der Waals surface area contributed by atoms with E-state index in [9.17, 15) is 8.78 Å². The van der Waals surface area contributed by atoms with E-state index in [2.05, 4.69) is 4.74 Å². The fraction of sp³-hybridized carbons (Fsp3) is 0.455. The van der Waals surface area contributed by atoms with Crippen molar-refractivity contribution in [2.45, 2.75) is 31.3 Å². The van der Waals surface area contributed by atoms with Crippen LogP contribution in [0, 0.1) is 0 Å². The molecular formula is C11H14F2OS. The first-order valence-electron chi connectivity index (χ1n) is 4.67. The van der Waals surface area contributed by atoms with Crippen LogP contribution < -0.4 is 4.74 Å². The van der Waals surface area contributed by atoms with Crippen molar-refractivity contribution in [1.82, 2.24) is 0 Å². The summed E-state index contributed by atoms with van der Waals surface area (Å²) in [5.74, 6) is 0.448. The molecule has 0 amide bonds. The average Bonchev–Trinajstić information content (AvgIpc) is 2.17. The number of hydrogen-bond donors (Lipinski definition) is 0. The maximum Gasteiger partial charge on any atom is 0.387 e. The number of halogens is 2. The molecule has 0 saturated heterocycles. The lowest BCUT2D eigenvalue weighted by Gasteiger charge is -2.14. The van der Waals surface area contributed by atoms with Gasteiger partial charge in [0.15, 0.2) is 0 Å². The van der Waals surface area contributed by atoms with Gasteiger partial charge in [0.2, 0.25) is 0 Å². The van der Waals surface area contributed by atoms with Crippen LogP contribution in [0.1, 0.15) is 25.3 Å². The molecule has 0 bridgehead atoms. The number of alkyl halides is 2. The van der Waals surface area contributed by atoms with Crippen molar-refractivity contribution >= 4 is 11.8 Å². The van der Waals surface area contributed by atoms with Gasteiger partial charge in [-0.1, -0.05) is 13.8 Å². The fourth-order valence-corrected chi connectivity index (χ4v) is 1.76. The first-order chi connectivity index (χ1) is 7.04. The normalized spacial score (nSPS) is 11.1. The van der Waals surface area contributed by atoms with Crippen LogP contribution in [0.5, 0.6) is 5.75 Å². The first-order valence-corrected chi connectivity index (χ1v) is 5.89. The van der Waals surface area contributed by atoms with Crippen LogP contribution in [0.25, 0.3) is 0 Å². The van der Waals surface area contributed by atoms with Crippen LogP contribution in [-0.4, -0.2) is 12.9 Å². The lowest BCUT2D eigenvalue weighted by molar-refractivity contribution is -0.0505. The number of benzene rings is 1. The van der Waals surface area contributed by atoms with E-state index in [-0.39, 0.29) is 11.7 Å². The van der Waals surface area contributed by atoms with Gasteiger partial charge in [-0.3, -0.25) is 0 Å². The third kappa shape index (κ3) is 3.38. The molecule has 0 radical (unpaired) electrons. The van der Waals surface area contributed by atoms with E-state index in [1.165, 1.54) is 0 Å². The molecule has 0 spiro atoms. The Bertz CT molecular complexity index is 326. The Balaban J connectivity index is 3.03. The smallest absolute Gasteiger partial charge is 0.387 e. The van der Waals surface area contributed by atoms with Gasteiger partial charge in [-0.25, -0.2) is 0 Å². The molecule has 0 aromatic heterocycles. The molecule has 0 fully saturated rings. The molecule has 15 heavy (non-hydrogen) atoms. The van der Waals surface area contributed by atoms with Crippen LogP contribution in [-0.2, 0) is 0 Å². The van der Waals surface area contributed by atoms with Crippen molar-refractivity contribution in [2.75, 3.05) is 6.26 Å². The fourth-order valence-electron chi connectivity index (χ4n) is 1.31. The van der Waals surface area contributed by atoms with Gasteiger partial charge in [0.05, 0.1) is 0 Å². The summed E-state index contributed by atoms with van der Waals surface area (Å²) in [6.45, 7) is 1.15. The molecule has 0 aliphatic heterocycles. The molecule has 0 heterocycles. The molecule has 84 valence electrons. The molecular weight excluding hydrogens is 218 g/mol. The summed E-state index contributed by atoms with van der Waals surface area (Å²) < 4.78 is 28.7. The Morgan fingerprint density at radius 2 is 1.93 bits per heavy atom. The van der Waals surface area contributed by atoms with Gasteiger partial charge in [0.1, 0.15) is 5.75 Å². The van der Waals surface area contributed by atoms with Crippen molar-refractivity contribution in [3.63, 3.8) is 0 Å². The Kier molecular flexibility index (Phi) is 4.39. The second kappa shape index (κ2) is 5.35. The van der Waals surface area contributed by atoms with E-state index in [1.807, 2.05) is 26.2 Å². The van der Waals surface area contributed by atoms with E-state index in [1.54, 1.807) is 23.9 Å². The van der Waals surface area contributed by atoms with Gasteiger partial charge in [-0.05, 0) is 35.9 Å². The highest BCUT2D eigenvalue weighted by molar-refractivity contribution is 7.98. The molecule has 0 aliphatic rings. The van der Waals surface area contributed by atoms with E-state index in [0.29, 0.717) is 0 Å². The molecule has 1 aromatic carbocycles. The largest absolute Gasteiger partial charge is 0.435 e. The molecule has 1 rings (SSSR count). The predicted molar refractivity (Wildman–Crippen MR) is 58.9 cm³/mol. The molecule has 0 atom stereocenters. The van der Waals surface area contributed by atoms with Crippen molar-refractivity contribution in [1.29, 1.82) is 0 Å². The Morgan fingerprint density at radius 1 is 1.27 bits per heavy atom.